The number of fused-ring (bicyclic) bond motifs is 3. The van der Waals surface area contributed by atoms with Crippen molar-refractivity contribution in [2.45, 2.75) is 38.2 Å². The van der Waals surface area contributed by atoms with Crippen molar-refractivity contribution < 1.29 is 22.7 Å². The minimum atomic E-state index is -4.88. The van der Waals surface area contributed by atoms with Crippen molar-refractivity contribution >= 4 is 0 Å². The van der Waals surface area contributed by atoms with Crippen molar-refractivity contribution in [1.82, 2.24) is 24.3 Å². The van der Waals surface area contributed by atoms with Gasteiger partial charge in [-0.05, 0) is 38.1 Å². The first-order valence-electron chi connectivity index (χ1n) is 8.17. The molecule has 0 amide bonds. The smallest absolute Gasteiger partial charge is 0.374 e. The van der Waals surface area contributed by atoms with Gasteiger partial charge in [-0.15, -0.1) is 10.2 Å². The summed E-state index contributed by atoms with van der Waals surface area (Å²) in [6.07, 6.45) is -3.63. The fourth-order valence-electron chi connectivity index (χ4n) is 3.28. The molecule has 10 heteroatoms. The van der Waals surface area contributed by atoms with Gasteiger partial charge in [0.1, 0.15) is 11.5 Å². The fourth-order valence-corrected chi connectivity index (χ4v) is 3.28. The van der Waals surface area contributed by atoms with E-state index in [0.717, 1.165) is 0 Å². The number of rotatable bonds is 2. The van der Waals surface area contributed by atoms with Gasteiger partial charge in [0.15, 0.2) is 17.5 Å². The summed E-state index contributed by atoms with van der Waals surface area (Å²) in [4.78, 5) is 3.84. The molecule has 0 fully saturated rings. The molecular formula is C17H15F4N5O. The number of aliphatic hydroxyl groups is 1. The number of benzene rings is 1. The van der Waals surface area contributed by atoms with Crippen LogP contribution in [-0.2, 0) is 12.1 Å². The van der Waals surface area contributed by atoms with Gasteiger partial charge in [-0.1, -0.05) is 0 Å². The van der Waals surface area contributed by atoms with Gasteiger partial charge >= 0.3 is 6.18 Å². The van der Waals surface area contributed by atoms with Gasteiger partial charge in [-0.2, -0.15) is 13.2 Å². The molecule has 0 saturated carbocycles. The molecule has 0 aliphatic carbocycles. The third-order valence-electron chi connectivity index (χ3n) is 4.75. The van der Waals surface area contributed by atoms with Crippen molar-refractivity contribution in [3.05, 3.63) is 42.1 Å². The quantitative estimate of drug-likeness (QED) is 0.692. The first kappa shape index (κ1) is 17.7. The van der Waals surface area contributed by atoms with Crippen LogP contribution in [0.15, 0.2) is 30.5 Å². The van der Waals surface area contributed by atoms with Crippen LogP contribution in [0.25, 0.3) is 22.9 Å². The lowest BCUT2D eigenvalue weighted by atomic mass is 10.0. The first-order chi connectivity index (χ1) is 12.6. The zero-order chi connectivity index (χ0) is 19.6. The summed E-state index contributed by atoms with van der Waals surface area (Å²) in [5.74, 6) is -0.0599. The summed E-state index contributed by atoms with van der Waals surface area (Å²) in [6, 6.07) is 5.28. The molecule has 142 valence electrons. The van der Waals surface area contributed by atoms with Crippen LogP contribution in [0.5, 0.6) is 0 Å². The summed E-state index contributed by atoms with van der Waals surface area (Å²) in [5.41, 5.74) is -2.13. The van der Waals surface area contributed by atoms with Crippen LogP contribution in [0.4, 0.5) is 17.6 Å². The second-order valence-corrected chi connectivity index (χ2v) is 6.72. The fraction of sp³-hybridized carbons (Fsp3) is 0.353. The molecule has 1 aromatic carbocycles. The molecule has 0 spiro atoms. The summed E-state index contributed by atoms with van der Waals surface area (Å²) >= 11 is 0. The zero-order valence-electron chi connectivity index (χ0n) is 14.4. The second kappa shape index (κ2) is 5.62. The Morgan fingerprint density at radius 2 is 1.74 bits per heavy atom. The molecule has 3 heterocycles. The zero-order valence-corrected chi connectivity index (χ0v) is 14.4. The normalized spacial score (nSPS) is 18.7. The third kappa shape index (κ3) is 2.54. The van der Waals surface area contributed by atoms with Gasteiger partial charge in [0.25, 0.3) is 0 Å². The number of aromatic nitrogens is 5. The lowest BCUT2D eigenvalue weighted by Gasteiger charge is -2.31. The highest BCUT2D eigenvalue weighted by molar-refractivity contribution is 5.61. The summed E-state index contributed by atoms with van der Waals surface area (Å²) in [5, 5.41) is 18.3. The van der Waals surface area contributed by atoms with E-state index in [2.05, 4.69) is 15.2 Å². The number of halogens is 4. The van der Waals surface area contributed by atoms with E-state index in [1.165, 1.54) is 22.9 Å². The Morgan fingerprint density at radius 1 is 1.11 bits per heavy atom. The molecule has 4 rings (SSSR count). The van der Waals surface area contributed by atoms with Crippen LogP contribution in [0.2, 0.25) is 0 Å². The molecule has 1 N–H and O–H groups in total. The maximum absolute atomic E-state index is 13.3. The maximum atomic E-state index is 13.3. The average Bonchev–Trinajstić information content (AvgIpc) is 3.19. The van der Waals surface area contributed by atoms with Gasteiger partial charge in [-0.3, -0.25) is 0 Å². The van der Waals surface area contributed by atoms with Gasteiger partial charge in [0.05, 0.1) is 12.2 Å². The lowest BCUT2D eigenvalue weighted by molar-refractivity contribution is -0.262. The molecule has 0 unspecified atom stereocenters. The van der Waals surface area contributed by atoms with Crippen LogP contribution < -0.4 is 0 Å². The Hall–Kier alpha value is -2.75. The molecule has 0 saturated heterocycles. The Balaban J connectivity index is 1.85. The van der Waals surface area contributed by atoms with Crippen molar-refractivity contribution in [1.29, 1.82) is 0 Å². The highest BCUT2D eigenvalue weighted by Gasteiger charge is 2.55. The topological polar surface area (TPSA) is 68.8 Å². The third-order valence-corrected chi connectivity index (χ3v) is 4.75. The van der Waals surface area contributed by atoms with E-state index in [9.17, 15) is 22.7 Å². The van der Waals surface area contributed by atoms with Gasteiger partial charge in [0, 0.05) is 12.1 Å². The predicted octanol–water partition coefficient (Wildman–Crippen LogP) is 3.29. The second-order valence-electron chi connectivity index (χ2n) is 6.72. The lowest BCUT2D eigenvalue weighted by Crippen LogP contribution is -2.42. The Kier molecular flexibility index (Phi) is 3.68. The monoisotopic (exact) mass is 381 g/mol. The molecule has 0 bridgehead atoms. The molecule has 27 heavy (non-hydrogen) atoms. The van der Waals surface area contributed by atoms with E-state index in [-0.39, 0.29) is 12.4 Å². The van der Waals surface area contributed by atoms with Gasteiger partial charge in [0.2, 0.25) is 5.60 Å². The number of hydrogen-bond donors (Lipinski definition) is 1. The highest BCUT2D eigenvalue weighted by atomic mass is 19.4. The minimum Gasteiger partial charge on any atom is -0.374 e. The average molecular weight is 381 g/mol. The standard InChI is InChI=1S/C17H15F4N5O/c1-9-8-25-13(10-3-5-11(18)6-4-10)23-24-14(25)12-7-22-15(26(9)12)16(2,27)17(19,20)21/h3-7,9,27H,8H2,1-2H3/t9-,16+/m0/s1. The maximum Gasteiger partial charge on any atom is 0.424 e. The summed E-state index contributed by atoms with van der Waals surface area (Å²) in [6.45, 7) is 2.68. The number of nitrogens with zero attached hydrogens (tertiary/aromatic N) is 5. The van der Waals surface area contributed by atoms with Crippen LogP contribution in [0.3, 0.4) is 0 Å². The van der Waals surface area contributed by atoms with E-state index in [1.54, 1.807) is 23.6 Å². The number of hydrogen-bond acceptors (Lipinski definition) is 4. The number of alkyl halides is 3. The summed E-state index contributed by atoms with van der Waals surface area (Å²) in [7, 11) is 0. The largest absolute Gasteiger partial charge is 0.424 e. The van der Waals surface area contributed by atoms with Crippen LogP contribution in [0, 0.1) is 5.82 Å². The van der Waals surface area contributed by atoms with Crippen LogP contribution in [-0.4, -0.2) is 35.6 Å². The molecule has 1 aliphatic rings. The first-order valence-corrected chi connectivity index (χ1v) is 8.17. The van der Waals surface area contributed by atoms with Crippen molar-refractivity contribution in [2.24, 2.45) is 0 Å². The van der Waals surface area contributed by atoms with E-state index in [4.69, 9.17) is 0 Å². The van der Waals surface area contributed by atoms with Crippen LogP contribution in [0.1, 0.15) is 25.7 Å². The SMILES string of the molecule is C[C@H]1Cn2c(-c3ccc(F)cc3)nnc2-c2cnc([C@@](C)(O)C(F)(F)F)n21. The van der Waals surface area contributed by atoms with Crippen molar-refractivity contribution in [3.8, 4) is 22.9 Å². The Bertz CT molecular complexity index is 1000. The Labute approximate surface area is 151 Å². The van der Waals surface area contributed by atoms with Crippen molar-refractivity contribution in [2.75, 3.05) is 0 Å². The van der Waals surface area contributed by atoms with Crippen molar-refractivity contribution in [3.63, 3.8) is 0 Å². The van der Waals surface area contributed by atoms with E-state index >= 15 is 0 Å². The summed E-state index contributed by atoms with van der Waals surface area (Å²) < 4.78 is 56.1. The van der Waals surface area contributed by atoms with E-state index < -0.39 is 23.6 Å². The van der Waals surface area contributed by atoms with E-state index in [0.29, 0.717) is 29.8 Å². The molecular weight excluding hydrogens is 366 g/mol. The van der Waals surface area contributed by atoms with Gasteiger partial charge in [-0.25, -0.2) is 9.37 Å². The molecule has 0 radical (unpaired) electrons. The molecule has 2 atom stereocenters. The van der Waals surface area contributed by atoms with Gasteiger partial charge < -0.3 is 14.2 Å². The minimum absolute atomic E-state index is 0.277. The van der Waals surface area contributed by atoms with Crippen LogP contribution >= 0.6 is 0 Å². The number of imidazole rings is 1. The van der Waals surface area contributed by atoms with E-state index in [1.807, 2.05) is 0 Å². The Morgan fingerprint density at radius 3 is 2.37 bits per heavy atom. The molecule has 2 aromatic heterocycles. The molecule has 1 aliphatic heterocycles. The highest BCUT2D eigenvalue weighted by Crippen LogP contribution is 2.42. The predicted molar refractivity (Wildman–Crippen MR) is 87.0 cm³/mol. The molecule has 3 aromatic rings. The molecule has 6 nitrogen and oxygen atoms in total.